The first-order valence-corrected chi connectivity index (χ1v) is 11.0. The number of para-hydroxylation sites is 1. The van der Waals surface area contributed by atoms with Crippen molar-refractivity contribution in [1.29, 1.82) is 0 Å². The van der Waals surface area contributed by atoms with Crippen LogP contribution < -0.4 is 10.0 Å². The van der Waals surface area contributed by atoms with E-state index < -0.39 is 15.6 Å². The van der Waals surface area contributed by atoms with Crippen molar-refractivity contribution in [2.24, 2.45) is 0 Å². The second kappa shape index (κ2) is 6.93. The van der Waals surface area contributed by atoms with Crippen LogP contribution in [0.25, 0.3) is 0 Å². The van der Waals surface area contributed by atoms with Gasteiger partial charge in [-0.2, -0.15) is 4.72 Å². The summed E-state index contributed by atoms with van der Waals surface area (Å²) in [6.45, 7) is 0.792. The van der Waals surface area contributed by atoms with E-state index in [1.807, 2.05) is 18.2 Å². The number of hydrogen-bond acceptors (Lipinski definition) is 4. The number of hydrogen-bond donors (Lipinski definition) is 2. The van der Waals surface area contributed by atoms with Crippen molar-refractivity contribution >= 4 is 33.1 Å². The number of anilines is 1. The van der Waals surface area contributed by atoms with Gasteiger partial charge in [0.05, 0.1) is 4.90 Å². The van der Waals surface area contributed by atoms with E-state index >= 15 is 0 Å². The molecule has 2 aliphatic rings. The summed E-state index contributed by atoms with van der Waals surface area (Å²) in [7, 11) is -3.89. The standard InChI is InChI=1S/C20H21ClN2O3S/c21-15-7-9-16(10-8-15)27(25,26)23-20(12-2-1-6-18(20)24)17-5-3-4-14-11-13-22-19(14)17/h3-5,7-10,22-23H,1-2,6,11-13H2. The van der Waals surface area contributed by atoms with E-state index in [4.69, 9.17) is 11.6 Å². The molecule has 1 unspecified atom stereocenters. The fourth-order valence-electron chi connectivity index (χ4n) is 4.07. The van der Waals surface area contributed by atoms with Crippen molar-refractivity contribution in [2.45, 2.75) is 42.5 Å². The van der Waals surface area contributed by atoms with Crippen LogP contribution in [-0.4, -0.2) is 20.7 Å². The number of fused-ring (bicyclic) bond motifs is 1. The van der Waals surface area contributed by atoms with Crippen LogP contribution in [0, 0.1) is 0 Å². The molecule has 2 N–H and O–H groups in total. The second-order valence-corrected chi connectivity index (χ2v) is 9.23. The van der Waals surface area contributed by atoms with Crippen LogP contribution in [-0.2, 0) is 26.8 Å². The average Bonchev–Trinajstić information content (AvgIpc) is 3.12. The third kappa shape index (κ3) is 3.26. The van der Waals surface area contributed by atoms with Crippen LogP contribution in [0.3, 0.4) is 0 Å². The minimum Gasteiger partial charge on any atom is -0.384 e. The van der Waals surface area contributed by atoms with Crippen LogP contribution in [0.2, 0.25) is 5.02 Å². The molecule has 0 bridgehead atoms. The molecule has 142 valence electrons. The number of carbonyl (C=O) groups is 1. The zero-order chi connectivity index (χ0) is 19.1. The Morgan fingerprint density at radius 1 is 1.04 bits per heavy atom. The minimum absolute atomic E-state index is 0.0756. The molecule has 0 aromatic heterocycles. The molecule has 1 saturated carbocycles. The zero-order valence-electron chi connectivity index (χ0n) is 14.8. The zero-order valence-corrected chi connectivity index (χ0v) is 16.4. The molecule has 2 aromatic rings. The molecule has 2 aromatic carbocycles. The van der Waals surface area contributed by atoms with Gasteiger partial charge in [-0.15, -0.1) is 0 Å². The molecular weight excluding hydrogens is 384 g/mol. The SMILES string of the molecule is O=C1CCCCC1(NS(=O)(=O)c1ccc(Cl)cc1)c1cccc2c1NCC2. The number of sulfonamides is 1. The Kier molecular flexibility index (Phi) is 4.74. The summed E-state index contributed by atoms with van der Waals surface area (Å²) in [5, 5.41) is 3.80. The van der Waals surface area contributed by atoms with E-state index in [1.54, 1.807) is 0 Å². The van der Waals surface area contributed by atoms with E-state index in [2.05, 4.69) is 10.0 Å². The Bertz CT molecular complexity index is 989. The predicted molar refractivity (Wildman–Crippen MR) is 106 cm³/mol. The molecule has 1 aliphatic heterocycles. The highest BCUT2D eigenvalue weighted by Gasteiger charge is 2.46. The van der Waals surface area contributed by atoms with Gasteiger partial charge in [0.25, 0.3) is 0 Å². The molecule has 1 atom stereocenters. The van der Waals surface area contributed by atoms with Gasteiger partial charge < -0.3 is 5.32 Å². The Hall–Kier alpha value is -1.89. The number of carbonyl (C=O) groups excluding carboxylic acids is 1. The maximum atomic E-state index is 13.1. The van der Waals surface area contributed by atoms with Gasteiger partial charge in [0.15, 0.2) is 5.78 Å². The largest absolute Gasteiger partial charge is 0.384 e. The third-order valence-corrected chi connectivity index (χ3v) is 7.18. The van der Waals surface area contributed by atoms with Gasteiger partial charge in [0.1, 0.15) is 5.54 Å². The van der Waals surface area contributed by atoms with Crippen molar-refractivity contribution in [3.63, 3.8) is 0 Å². The Balaban J connectivity index is 1.82. The molecule has 0 saturated heterocycles. The summed E-state index contributed by atoms with van der Waals surface area (Å²) in [5.74, 6) is -0.0756. The smallest absolute Gasteiger partial charge is 0.241 e. The van der Waals surface area contributed by atoms with Crippen molar-refractivity contribution in [2.75, 3.05) is 11.9 Å². The fourth-order valence-corrected chi connectivity index (χ4v) is 5.60. The number of rotatable bonds is 4. The Labute approximate surface area is 164 Å². The molecule has 27 heavy (non-hydrogen) atoms. The molecule has 5 nitrogen and oxygen atoms in total. The van der Waals surface area contributed by atoms with Crippen molar-refractivity contribution in [3.8, 4) is 0 Å². The predicted octanol–water partition coefficient (Wildman–Crippen LogP) is 3.62. The van der Waals surface area contributed by atoms with E-state index in [0.717, 1.165) is 42.6 Å². The summed E-state index contributed by atoms with van der Waals surface area (Å²) < 4.78 is 29.0. The number of nitrogens with one attached hydrogen (secondary N) is 2. The lowest BCUT2D eigenvalue weighted by Crippen LogP contribution is -2.53. The summed E-state index contributed by atoms with van der Waals surface area (Å²) in [5.41, 5.74) is 1.52. The third-order valence-electron chi connectivity index (χ3n) is 5.42. The van der Waals surface area contributed by atoms with Gasteiger partial charge >= 0.3 is 0 Å². The highest BCUT2D eigenvalue weighted by atomic mass is 35.5. The molecule has 0 radical (unpaired) electrons. The molecular formula is C20H21ClN2O3S. The lowest BCUT2D eigenvalue weighted by Gasteiger charge is -2.37. The number of benzene rings is 2. The molecule has 1 heterocycles. The lowest BCUT2D eigenvalue weighted by molar-refractivity contribution is -0.127. The number of halogens is 1. The highest BCUT2D eigenvalue weighted by Crippen LogP contribution is 2.42. The summed E-state index contributed by atoms with van der Waals surface area (Å²) in [6, 6.07) is 11.8. The first-order valence-electron chi connectivity index (χ1n) is 9.11. The average molecular weight is 405 g/mol. The molecule has 1 aliphatic carbocycles. The van der Waals surface area contributed by atoms with E-state index in [-0.39, 0.29) is 10.7 Å². The lowest BCUT2D eigenvalue weighted by atomic mass is 9.75. The van der Waals surface area contributed by atoms with Gasteiger partial charge in [-0.05, 0) is 49.1 Å². The number of Topliss-reactive ketones (excluding diaryl/α,β-unsaturated/α-hetero) is 1. The van der Waals surface area contributed by atoms with Crippen molar-refractivity contribution in [1.82, 2.24) is 4.72 Å². The van der Waals surface area contributed by atoms with E-state index in [0.29, 0.717) is 17.9 Å². The highest BCUT2D eigenvalue weighted by molar-refractivity contribution is 7.89. The van der Waals surface area contributed by atoms with Crippen LogP contribution >= 0.6 is 11.6 Å². The van der Waals surface area contributed by atoms with Crippen LogP contribution in [0.5, 0.6) is 0 Å². The molecule has 4 rings (SSSR count). The molecule has 1 fully saturated rings. The van der Waals surface area contributed by atoms with Crippen LogP contribution in [0.15, 0.2) is 47.4 Å². The molecule has 0 amide bonds. The summed E-state index contributed by atoms with van der Waals surface area (Å²) in [4.78, 5) is 13.2. The van der Waals surface area contributed by atoms with Gasteiger partial charge in [0.2, 0.25) is 10.0 Å². The maximum absolute atomic E-state index is 13.1. The number of ketones is 1. The van der Waals surface area contributed by atoms with Gasteiger partial charge in [-0.1, -0.05) is 36.2 Å². The van der Waals surface area contributed by atoms with Crippen LogP contribution in [0.1, 0.15) is 36.8 Å². The fraction of sp³-hybridized carbons (Fsp3) is 0.350. The van der Waals surface area contributed by atoms with E-state index in [9.17, 15) is 13.2 Å². The van der Waals surface area contributed by atoms with Crippen molar-refractivity contribution in [3.05, 3.63) is 58.6 Å². The molecule has 7 heteroatoms. The minimum atomic E-state index is -3.89. The second-order valence-electron chi connectivity index (χ2n) is 7.11. The monoisotopic (exact) mass is 404 g/mol. The Morgan fingerprint density at radius 2 is 1.81 bits per heavy atom. The first-order chi connectivity index (χ1) is 12.9. The van der Waals surface area contributed by atoms with Gasteiger partial charge in [0, 0.05) is 29.2 Å². The van der Waals surface area contributed by atoms with Gasteiger partial charge in [-0.25, -0.2) is 8.42 Å². The summed E-state index contributed by atoms with van der Waals surface area (Å²) >= 11 is 5.89. The molecule has 0 spiro atoms. The summed E-state index contributed by atoms with van der Waals surface area (Å²) in [6.07, 6.45) is 3.27. The topological polar surface area (TPSA) is 75.3 Å². The quantitative estimate of drug-likeness (QED) is 0.816. The van der Waals surface area contributed by atoms with Crippen molar-refractivity contribution < 1.29 is 13.2 Å². The maximum Gasteiger partial charge on any atom is 0.241 e. The van der Waals surface area contributed by atoms with Gasteiger partial charge in [-0.3, -0.25) is 4.79 Å². The Morgan fingerprint density at radius 3 is 2.56 bits per heavy atom. The first kappa shape index (κ1) is 18.5. The van der Waals surface area contributed by atoms with Crippen LogP contribution in [0.4, 0.5) is 5.69 Å². The van der Waals surface area contributed by atoms with E-state index in [1.165, 1.54) is 24.3 Å². The normalized spacial score (nSPS) is 22.3.